The third-order valence-corrected chi connectivity index (χ3v) is 10.2. The van der Waals surface area contributed by atoms with Gasteiger partial charge in [0.15, 0.2) is 0 Å². The van der Waals surface area contributed by atoms with Crippen molar-refractivity contribution in [3.05, 3.63) is 176 Å². The number of aromatic nitrogens is 5. The van der Waals surface area contributed by atoms with E-state index < -0.39 is 0 Å². The first-order chi connectivity index (χ1) is 26.7. The first kappa shape index (κ1) is 31.1. The number of nitriles is 1. The lowest BCUT2D eigenvalue weighted by Crippen LogP contribution is -1.93. The minimum Gasteiger partial charge on any atom is -0.265 e. The molecule has 5 aromatic heterocycles. The zero-order valence-electron chi connectivity index (χ0n) is 28.8. The third-order valence-electron chi connectivity index (χ3n) is 10.2. The normalized spacial score (nSPS) is 11.3. The zero-order valence-corrected chi connectivity index (χ0v) is 28.8. The molecule has 0 amide bonds. The van der Waals surface area contributed by atoms with Crippen molar-refractivity contribution in [2.24, 2.45) is 0 Å². The monoisotopic (exact) mass is 688 g/mol. The van der Waals surface area contributed by atoms with Gasteiger partial charge in [0.2, 0.25) is 0 Å². The molecule has 0 atom stereocenters. The van der Waals surface area contributed by atoms with E-state index in [2.05, 4.69) is 88.8 Å². The Morgan fingerprint density at radius 1 is 0.370 bits per heavy atom. The Kier molecular flexibility index (Phi) is 7.41. The van der Waals surface area contributed by atoms with Crippen molar-refractivity contribution in [2.75, 3.05) is 0 Å². The Balaban J connectivity index is 1.19. The van der Waals surface area contributed by atoms with E-state index in [1.165, 1.54) is 0 Å². The van der Waals surface area contributed by atoms with Crippen LogP contribution in [0.5, 0.6) is 0 Å². The molecule has 5 aromatic carbocycles. The highest BCUT2D eigenvalue weighted by Gasteiger charge is 2.18. The van der Waals surface area contributed by atoms with Crippen molar-refractivity contribution in [1.82, 2.24) is 24.9 Å². The van der Waals surface area contributed by atoms with E-state index in [0.29, 0.717) is 5.56 Å². The molecule has 6 nitrogen and oxygen atoms in total. The van der Waals surface area contributed by atoms with Crippen molar-refractivity contribution < 1.29 is 0 Å². The molecule has 250 valence electrons. The molecular weight excluding hydrogens is 661 g/mol. The summed E-state index contributed by atoms with van der Waals surface area (Å²) in [6, 6.07) is 48.2. The van der Waals surface area contributed by atoms with Crippen LogP contribution in [0.2, 0.25) is 0 Å². The van der Waals surface area contributed by atoms with Crippen LogP contribution in [0.25, 0.3) is 99.2 Å². The Labute approximate surface area is 310 Å². The topological polar surface area (TPSA) is 88.2 Å². The first-order valence-corrected chi connectivity index (χ1v) is 17.7. The number of nitrogens with zero attached hydrogens (tertiary/aromatic N) is 6. The van der Waals surface area contributed by atoms with Gasteiger partial charge in [0.25, 0.3) is 0 Å². The van der Waals surface area contributed by atoms with Gasteiger partial charge in [0.1, 0.15) is 0 Å². The fourth-order valence-electron chi connectivity index (χ4n) is 7.66. The molecule has 0 aliphatic heterocycles. The summed E-state index contributed by atoms with van der Waals surface area (Å²) < 4.78 is 0. The Morgan fingerprint density at radius 3 is 1.59 bits per heavy atom. The SMILES string of the molecule is N#Cc1ccc(-c2cc3c4cccnc4c(-c4cccc(-c5cc(-c6ccncc6)nc(-c6ccncc6)c5)c4)cc3c3cccnc23)c2ccccc12. The Bertz CT molecular complexity index is 3060. The highest BCUT2D eigenvalue weighted by atomic mass is 14.7. The zero-order chi connectivity index (χ0) is 36.0. The molecule has 0 aliphatic carbocycles. The van der Waals surface area contributed by atoms with Gasteiger partial charge in [-0.3, -0.25) is 19.9 Å². The molecule has 10 aromatic rings. The number of benzene rings is 5. The van der Waals surface area contributed by atoms with Crippen molar-refractivity contribution in [1.29, 1.82) is 5.26 Å². The summed E-state index contributed by atoms with van der Waals surface area (Å²) in [4.78, 5) is 23.5. The van der Waals surface area contributed by atoms with Crippen LogP contribution < -0.4 is 0 Å². The summed E-state index contributed by atoms with van der Waals surface area (Å²) in [5, 5.41) is 16.1. The maximum absolute atomic E-state index is 9.87. The van der Waals surface area contributed by atoms with Gasteiger partial charge in [-0.1, -0.05) is 60.7 Å². The van der Waals surface area contributed by atoms with Gasteiger partial charge in [0, 0.05) is 75.6 Å². The van der Waals surface area contributed by atoms with Crippen molar-refractivity contribution in [3.8, 4) is 62.0 Å². The van der Waals surface area contributed by atoms with Gasteiger partial charge < -0.3 is 0 Å². The van der Waals surface area contributed by atoms with E-state index in [1.807, 2.05) is 73.1 Å². The van der Waals surface area contributed by atoms with Gasteiger partial charge in [0.05, 0.1) is 34.1 Å². The molecule has 54 heavy (non-hydrogen) atoms. The number of hydrogen-bond acceptors (Lipinski definition) is 6. The molecule has 6 heteroatoms. The molecule has 0 N–H and O–H groups in total. The highest BCUT2D eigenvalue weighted by Crippen LogP contribution is 2.43. The maximum atomic E-state index is 9.87. The van der Waals surface area contributed by atoms with E-state index in [4.69, 9.17) is 15.0 Å². The fraction of sp³-hybridized carbons (Fsp3) is 0. The summed E-state index contributed by atoms with van der Waals surface area (Å²) in [6.07, 6.45) is 10.9. The predicted octanol–water partition coefficient (Wildman–Crippen LogP) is 11.5. The van der Waals surface area contributed by atoms with E-state index in [1.54, 1.807) is 24.8 Å². The third kappa shape index (κ3) is 5.23. The molecule has 0 fully saturated rings. The summed E-state index contributed by atoms with van der Waals surface area (Å²) in [5.74, 6) is 0. The molecule has 0 unspecified atom stereocenters. The molecule has 0 radical (unpaired) electrons. The van der Waals surface area contributed by atoms with E-state index in [9.17, 15) is 5.26 Å². The minimum absolute atomic E-state index is 0.655. The fourth-order valence-corrected chi connectivity index (χ4v) is 7.66. The minimum atomic E-state index is 0.655. The summed E-state index contributed by atoms with van der Waals surface area (Å²) >= 11 is 0. The van der Waals surface area contributed by atoms with E-state index in [-0.39, 0.29) is 0 Å². The van der Waals surface area contributed by atoms with Crippen LogP contribution in [0.3, 0.4) is 0 Å². The molecule has 0 saturated carbocycles. The smallest absolute Gasteiger partial charge is 0.0998 e. The van der Waals surface area contributed by atoms with Crippen molar-refractivity contribution in [2.45, 2.75) is 0 Å². The predicted molar refractivity (Wildman–Crippen MR) is 217 cm³/mol. The molecule has 0 spiro atoms. The van der Waals surface area contributed by atoms with Crippen LogP contribution in [0.4, 0.5) is 0 Å². The maximum Gasteiger partial charge on any atom is 0.0998 e. The van der Waals surface area contributed by atoms with Gasteiger partial charge >= 0.3 is 0 Å². The van der Waals surface area contributed by atoms with E-state index >= 15 is 0 Å². The summed E-state index contributed by atoms with van der Waals surface area (Å²) in [7, 11) is 0. The van der Waals surface area contributed by atoms with Crippen LogP contribution in [-0.2, 0) is 0 Å². The average molecular weight is 689 g/mol. The van der Waals surface area contributed by atoms with E-state index in [0.717, 1.165) is 99.2 Å². The lowest BCUT2D eigenvalue weighted by atomic mass is 9.88. The second kappa shape index (κ2) is 12.9. The quantitative estimate of drug-likeness (QED) is 0.167. The summed E-state index contributed by atoms with van der Waals surface area (Å²) in [5.41, 5.74) is 12.5. The standard InChI is InChI=1S/C48H28N6/c49-29-34-12-13-38(37-9-2-1-8-36(34)37)44-28-43-39-10-4-18-52-47(39)41(27-42(43)40-11-5-19-53-48(40)44)33-7-3-6-32(24-33)35-25-45(30-14-20-50-21-15-30)54-46(26-35)31-16-22-51-23-17-31/h1-28H. The first-order valence-electron chi connectivity index (χ1n) is 17.7. The van der Waals surface area contributed by atoms with Crippen LogP contribution >= 0.6 is 0 Å². The summed E-state index contributed by atoms with van der Waals surface area (Å²) in [6.45, 7) is 0. The second-order valence-corrected chi connectivity index (χ2v) is 13.2. The van der Waals surface area contributed by atoms with Gasteiger partial charge in [-0.25, -0.2) is 4.98 Å². The molecular formula is C48H28N6. The van der Waals surface area contributed by atoms with Crippen LogP contribution in [0.15, 0.2) is 171 Å². The van der Waals surface area contributed by atoms with Gasteiger partial charge in [-0.2, -0.15) is 5.26 Å². The lowest BCUT2D eigenvalue weighted by molar-refractivity contribution is 1.27. The number of fused-ring (bicyclic) bond motifs is 6. The molecule has 0 bridgehead atoms. The molecule has 0 saturated heterocycles. The number of pyridine rings is 5. The Hall–Kier alpha value is -7.62. The molecule has 5 heterocycles. The van der Waals surface area contributed by atoms with Crippen molar-refractivity contribution in [3.63, 3.8) is 0 Å². The van der Waals surface area contributed by atoms with Crippen LogP contribution in [-0.4, -0.2) is 24.9 Å². The van der Waals surface area contributed by atoms with Crippen LogP contribution in [0.1, 0.15) is 5.56 Å². The van der Waals surface area contributed by atoms with Crippen LogP contribution in [0, 0.1) is 11.3 Å². The average Bonchev–Trinajstić information content (AvgIpc) is 3.26. The Morgan fingerprint density at radius 2 is 0.944 bits per heavy atom. The van der Waals surface area contributed by atoms with Crippen molar-refractivity contribution >= 4 is 43.4 Å². The second-order valence-electron chi connectivity index (χ2n) is 13.2. The highest BCUT2D eigenvalue weighted by molar-refractivity contribution is 6.23. The molecule has 10 rings (SSSR count). The lowest BCUT2D eigenvalue weighted by Gasteiger charge is -2.16. The number of rotatable bonds is 5. The largest absolute Gasteiger partial charge is 0.265 e. The van der Waals surface area contributed by atoms with Gasteiger partial charge in [-0.15, -0.1) is 0 Å². The molecule has 0 aliphatic rings. The number of hydrogen-bond donors (Lipinski definition) is 0. The van der Waals surface area contributed by atoms with Gasteiger partial charge in [-0.05, 0) is 111 Å².